The molecule has 0 atom stereocenters. The molecule has 4 heteroatoms. The lowest BCUT2D eigenvalue weighted by molar-refractivity contribution is 0.420. The lowest BCUT2D eigenvalue weighted by atomic mass is 11.1. The van der Waals surface area contributed by atoms with E-state index in [2.05, 4.69) is 9.47 Å². The first-order chi connectivity index (χ1) is 4.91. The summed E-state index contributed by atoms with van der Waals surface area (Å²) in [5.74, 6) is 0. The summed E-state index contributed by atoms with van der Waals surface area (Å²) in [5, 5.41) is 15.6. The summed E-state index contributed by atoms with van der Waals surface area (Å²) < 4.78 is 8.17. The minimum atomic E-state index is 1.44. The van der Waals surface area contributed by atoms with E-state index in [1.807, 2.05) is 12.2 Å². The van der Waals surface area contributed by atoms with Crippen LogP contribution >= 0.6 is 0 Å². The van der Waals surface area contributed by atoms with Crippen molar-refractivity contribution in [2.75, 3.05) is 0 Å². The second-order valence-electron chi connectivity index (χ2n) is 0.836. The highest BCUT2D eigenvalue weighted by Gasteiger charge is 1.65. The fourth-order valence-electron chi connectivity index (χ4n) is 0.138. The zero-order chi connectivity index (χ0) is 7.66. The van der Waals surface area contributed by atoms with E-state index in [-0.39, 0.29) is 0 Å². The van der Waals surface area contributed by atoms with Crippen LogP contribution in [-0.4, -0.2) is 10.2 Å². The van der Waals surface area contributed by atoms with Crippen LogP contribution in [0.2, 0.25) is 0 Å². The molecule has 0 aliphatic carbocycles. The van der Waals surface area contributed by atoms with Crippen molar-refractivity contribution in [1.82, 2.24) is 0 Å². The highest BCUT2D eigenvalue weighted by molar-refractivity contribution is 4.93. The first-order valence-electron chi connectivity index (χ1n) is 2.01. The second-order valence-corrected chi connectivity index (χ2v) is 0.836. The fourth-order valence-corrected chi connectivity index (χ4v) is 0.138. The molecule has 0 aromatic rings. The molecule has 0 unspecified atom stereocenters. The van der Waals surface area contributed by atoms with E-state index in [1.54, 1.807) is 12.2 Å². The van der Waals surface area contributed by atoms with Gasteiger partial charge in [0.1, 0.15) is 0 Å². The summed E-state index contributed by atoms with van der Waals surface area (Å²) in [6.45, 7) is 0. The van der Waals surface area contributed by atoms with E-state index in [9.17, 15) is 0 Å². The minimum absolute atomic E-state index is 1.44. The van der Waals surface area contributed by atoms with Gasteiger partial charge in [0.05, 0.1) is 0 Å². The normalized spacial score (nSPS) is 4.40. The third-order valence-electron chi connectivity index (χ3n) is 0.337. The Morgan fingerprint density at radius 2 is 1.10 bits per heavy atom. The molecule has 0 rings (SSSR count). The molecule has 0 aliphatic rings. The first kappa shape index (κ1) is 7.88. The Morgan fingerprint density at radius 3 is 1.40 bits per heavy atom. The number of hydrogen-bond donors (Lipinski definition) is 2. The van der Waals surface area contributed by atoms with Crippen LogP contribution in [0.15, 0.2) is 0 Å². The van der Waals surface area contributed by atoms with Crippen LogP contribution in [0.25, 0.3) is 0 Å². The quantitative estimate of drug-likeness (QED) is 0.444. The molecule has 0 aromatic heterocycles. The molecule has 0 radical (unpaired) electrons. The van der Waals surface area contributed by atoms with Crippen molar-refractivity contribution in [3.05, 3.63) is 0 Å². The molecule has 50 valence electrons. The van der Waals surface area contributed by atoms with Gasteiger partial charge in [-0.2, -0.15) is 0 Å². The molecule has 0 saturated heterocycles. The van der Waals surface area contributed by atoms with E-state index in [1.165, 1.54) is 12.2 Å². The molecule has 0 saturated carbocycles. The van der Waals surface area contributed by atoms with E-state index < -0.39 is 0 Å². The number of aliphatic hydroxyl groups is 2. The van der Waals surface area contributed by atoms with E-state index in [0.29, 0.717) is 0 Å². The molecule has 0 spiro atoms. The Balaban J connectivity index is 3.44. The third kappa shape index (κ3) is 5.88. The smallest absolute Gasteiger partial charge is 0.175 e. The van der Waals surface area contributed by atoms with Gasteiger partial charge in [0.15, 0.2) is 36.6 Å². The SMILES string of the molecule is OC#COC#COC#CO. The number of rotatable bonds is 0. The molecule has 4 nitrogen and oxygen atoms in total. The largest absolute Gasteiger partial charge is 0.460 e. The highest BCUT2D eigenvalue weighted by atomic mass is 16.5. The van der Waals surface area contributed by atoms with Gasteiger partial charge in [-0.05, 0) is 0 Å². The van der Waals surface area contributed by atoms with Crippen molar-refractivity contribution in [2.45, 2.75) is 0 Å². The van der Waals surface area contributed by atoms with Gasteiger partial charge in [-0.3, -0.25) is 0 Å². The maximum Gasteiger partial charge on any atom is 0.175 e. The number of ether oxygens (including phenoxy) is 2. The first-order valence-corrected chi connectivity index (χ1v) is 2.01. The van der Waals surface area contributed by atoms with Crippen molar-refractivity contribution in [1.29, 1.82) is 0 Å². The van der Waals surface area contributed by atoms with Crippen LogP contribution in [0.4, 0.5) is 0 Å². The summed E-state index contributed by atoms with van der Waals surface area (Å²) in [6.07, 6.45) is 10.2. The summed E-state index contributed by atoms with van der Waals surface area (Å²) in [7, 11) is 0. The Kier molecular flexibility index (Phi) is 5.42. The van der Waals surface area contributed by atoms with Crippen molar-refractivity contribution < 1.29 is 19.7 Å². The summed E-state index contributed by atoms with van der Waals surface area (Å²) >= 11 is 0. The topological polar surface area (TPSA) is 58.9 Å². The highest BCUT2D eigenvalue weighted by Crippen LogP contribution is 1.64. The van der Waals surface area contributed by atoms with Crippen molar-refractivity contribution >= 4 is 0 Å². The molecular weight excluding hydrogens is 136 g/mol. The fraction of sp³-hybridized carbons (Fsp3) is 0. The molecule has 0 fully saturated rings. The van der Waals surface area contributed by atoms with Gasteiger partial charge in [0, 0.05) is 0 Å². The monoisotopic (exact) mass is 138 g/mol. The lowest BCUT2D eigenvalue weighted by Crippen LogP contribution is -1.70. The molecule has 0 bridgehead atoms. The molecule has 0 aliphatic heterocycles. The van der Waals surface area contributed by atoms with Gasteiger partial charge in [-0.15, -0.1) is 0 Å². The molecule has 0 heterocycles. The molecule has 2 N–H and O–H groups in total. The maximum atomic E-state index is 7.81. The van der Waals surface area contributed by atoms with Gasteiger partial charge >= 0.3 is 0 Å². The zero-order valence-electron chi connectivity index (χ0n) is 4.71. The van der Waals surface area contributed by atoms with Crippen LogP contribution in [0.3, 0.4) is 0 Å². The van der Waals surface area contributed by atoms with Crippen molar-refractivity contribution in [2.24, 2.45) is 0 Å². The second kappa shape index (κ2) is 6.88. The molecule has 10 heavy (non-hydrogen) atoms. The van der Waals surface area contributed by atoms with Gasteiger partial charge in [0.2, 0.25) is 0 Å². The van der Waals surface area contributed by atoms with Crippen molar-refractivity contribution in [3.8, 4) is 36.6 Å². The summed E-state index contributed by atoms with van der Waals surface area (Å²) in [6, 6.07) is 0. The van der Waals surface area contributed by atoms with Crippen LogP contribution in [0, 0.1) is 36.6 Å². The Hall–Kier alpha value is -2.12. The Bertz CT molecular complexity index is 223. The standard InChI is InChI=1S/C6H2O4/c7-1-3-9-5-6-10-4-2-8/h7-8H. The molecule has 0 aromatic carbocycles. The predicted molar refractivity (Wildman–Crippen MR) is 29.4 cm³/mol. The van der Waals surface area contributed by atoms with Gasteiger partial charge < -0.3 is 19.7 Å². The molecule has 0 amide bonds. The Morgan fingerprint density at radius 1 is 0.700 bits per heavy atom. The maximum absolute atomic E-state index is 7.81. The van der Waals surface area contributed by atoms with E-state index in [4.69, 9.17) is 10.2 Å². The van der Waals surface area contributed by atoms with Crippen LogP contribution in [0.5, 0.6) is 0 Å². The van der Waals surface area contributed by atoms with E-state index >= 15 is 0 Å². The minimum Gasteiger partial charge on any atom is -0.460 e. The average Bonchev–Trinajstić information content (AvgIpc) is 1.97. The van der Waals surface area contributed by atoms with Gasteiger partial charge in [-0.25, -0.2) is 0 Å². The van der Waals surface area contributed by atoms with Gasteiger partial charge in [-0.1, -0.05) is 0 Å². The summed E-state index contributed by atoms with van der Waals surface area (Å²) in [5.41, 5.74) is 0. The lowest BCUT2D eigenvalue weighted by Gasteiger charge is -1.73. The van der Waals surface area contributed by atoms with Crippen molar-refractivity contribution in [3.63, 3.8) is 0 Å². The third-order valence-corrected chi connectivity index (χ3v) is 0.337. The van der Waals surface area contributed by atoms with Crippen LogP contribution < -0.4 is 0 Å². The summed E-state index contributed by atoms with van der Waals surface area (Å²) in [4.78, 5) is 0. The number of aliphatic hydroxyl groups excluding tert-OH is 2. The predicted octanol–water partition coefficient (Wildman–Crippen LogP) is -0.480. The van der Waals surface area contributed by atoms with E-state index in [0.717, 1.165) is 0 Å². The van der Waals surface area contributed by atoms with Gasteiger partial charge in [0.25, 0.3) is 0 Å². The van der Waals surface area contributed by atoms with Crippen LogP contribution in [0.1, 0.15) is 0 Å². The average molecular weight is 138 g/mol. The van der Waals surface area contributed by atoms with Crippen LogP contribution in [-0.2, 0) is 9.47 Å². The number of hydrogen-bond acceptors (Lipinski definition) is 4. The molecular formula is C6H2O4. The zero-order valence-corrected chi connectivity index (χ0v) is 4.71. The Labute approximate surface area is 57.4 Å².